The molecule has 1 aromatic heterocycles. The lowest BCUT2D eigenvalue weighted by Crippen LogP contribution is -2.17. The van der Waals surface area contributed by atoms with Gasteiger partial charge in [0, 0.05) is 19.3 Å². The maximum atomic E-state index is 5.30. The van der Waals surface area contributed by atoms with Crippen molar-refractivity contribution >= 4 is 5.82 Å². The number of hydrogen-bond donors (Lipinski definition) is 2. The fourth-order valence-corrected chi connectivity index (χ4v) is 2.05. The second-order valence-electron chi connectivity index (χ2n) is 4.72. The van der Waals surface area contributed by atoms with Gasteiger partial charge in [-0.1, -0.05) is 18.2 Å². The highest BCUT2D eigenvalue weighted by Crippen LogP contribution is 2.15. The van der Waals surface area contributed by atoms with Crippen LogP contribution < -0.4 is 16.0 Å². The summed E-state index contributed by atoms with van der Waals surface area (Å²) in [7, 11) is 3.76. The van der Waals surface area contributed by atoms with E-state index in [-0.39, 0.29) is 0 Å². The largest absolute Gasteiger partial charge is 0.497 e. The van der Waals surface area contributed by atoms with Crippen LogP contribution in [0, 0.1) is 0 Å². The van der Waals surface area contributed by atoms with Gasteiger partial charge in [-0.15, -0.1) is 0 Å². The molecule has 0 aliphatic carbocycles. The van der Waals surface area contributed by atoms with E-state index < -0.39 is 0 Å². The zero-order valence-electron chi connectivity index (χ0n) is 11.8. The van der Waals surface area contributed by atoms with Gasteiger partial charge in [-0.05, 0) is 36.4 Å². The van der Waals surface area contributed by atoms with Crippen LogP contribution in [0.3, 0.4) is 0 Å². The molecule has 5 nitrogen and oxygen atoms in total. The lowest BCUT2D eigenvalue weighted by atomic mass is 10.2. The first-order valence-electron chi connectivity index (χ1n) is 6.44. The first-order chi connectivity index (χ1) is 9.71. The summed E-state index contributed by atoms with van der Waals surface area (Å²) >= 11 is 0. The summed E-state index contributed by atoms with van der Waals surface area (Å²) in [6.45, 7) is 1.68. The minimum absolute atomic E-state index is 0.671. The molecule has 5 heteroatoms. The van der Waals surface area contributed by atoms with E-state index in [1.807, 2.05) is 30.5 Å². The number of hydrazine groups is 1. The average Bonchev–Trinajstić information content (AvgIpc) is 2.48. The van der Waals surface area contributed by atoms with Gasteiger partial charge < -0.3 is 10.2 Å². The van der Waals surface area contributed by atoms with E-state index in [4.69, 9.17) is 10.6 Å². The van der Waals surface area contributed by atoms with Gasteiger partial charge in [0.25, 0.3) is 0 Å². The van der Waals surface area contributed by atoms with Crippen LogP contribution >= 0.6 is 0 Å². The molecule has 0 radical (unpaired) electrons. The number of nitrogens with zero attached hydrogens (tertiary/aromatic N) is 2. The third-order valence-corrected chi connectivity index (χ3v) is 3.01. The molecule has 1 heterocycles. The Bertz CT molecular complexity index is 542. The molecule has 0 saturated heterocycles. The summed E-state index contributed by atoms with van der Waals surface area (Å²) in [6, 6.07) is 12.0. The molecular weight excluding hydrogens is 252 g/mol. The standard InChI is InChI=1S/C15H20N4O/c1-19(10-12-4-3-5-14(8-12)20-2)11-13-6-7-15(18-16)17-9-13/h3-9H,10-11,16H2,1-2H3,(H,17,18). The number of pyridine rings is 1. The van der Waals surface area contributed by atoms with Crippen LogP contribution in [0.4, 0.5) is 5.82 Å². The maximum absolute atomic E-state index is 5.30. The van der Waals surface area contributed by atoms with Crippen LogP contribution in [0.2, 0.25) is 0 Å². The van der Waals surface area contributed by atoms with E-state index in [1.54, 1.807) is 7.11 Å². The average molecular weight is 272 g/mol. The number of anilines is 1. The van der Waals surface area contributed by atoms with Crippen molar-refractivity contribution in [2.75, 3.05) is 19.6 Å². The maximum Gasteiger partial charge on any atom is 0.139 e. The molecule has 0 fully saturated rings. The molecule has 0 atom stereocenters. The second kappa shape index (κ2) is 6.88. The van der Waals surface area contributed by atoms with Crippen molar-refractivity contribution < 1.29 is 4.74 Å². The van der Waals surface area contributed by atoms with E-state index in [2.05, 4.69) is 34.5 Å². The summed E-state index contributed by atoms with van der Waals surface area (Å²) in [5, 5.41) is 0. The van der Waals surface area contributed by atoms with Gasteiger partial charge in [-0.25, -0.2) is 10.8 Å². The molecule has 3 N–H and O–H groups in total. The van der Waals surface area contributed by atoms with Crippen molar-refractivity contribution in [2.45, 2.75) is 13.1 Å². The van der Waals surface area contributed by atoms with Gasteiger partial charge in [0.2, 0.25) is 0 Å². The highest BCUT2D eigenvalue weighted by Gasteiger charge is 2.03. The Labute approximate surface area is 119 Å². The zero-order chi connectivity index (χ0) is 14.4. The Morgan fingerprint density at radius 3 is 2.65 bits per heavy atom. The lowest BCUT2D eigenvalue weighted by molar-refractivity contribution is 0.318. The monoisotopic (exact) mass is 272 g/mol. The van der Waals surface area contributed by atoms with Crippen molar-refractivity contribution in [3.05, 3.63) is 53.7 Å². The Morgan fingerprint density at radius 1 is 1.20 bits per heavy atom. The molecule has 2 rings (SSSR count). The number of nitrogen functional groups attached to an aromatic ring is 1. The summed E-state index contributed by atoms with van der Waals surface area (Å²) in [5.41, 5.74) is 4.89. The molecule has 0 aliphatic heterocycles. The highest BCUT2D eigenvalue weighted by molar-refractivity contribution is 5.33. The van der Waals surface area contributed by atoms with E-state index in [9.17, 15) is 0 Å². The number of rotatable bonds is 6. The third-order valence-electron chi connectivity index (χ3n) is 3.01. The smallest absolute Gasteiger partial charge is 0.139 e. The van der Waals surface area contributed by atoms with Crippen LogP contribution in [0.5, 0.6) is 5.75 Å². The van der Waals surface area contributed by atoms with Crippen LogP contribution in [0.15, 0.2) is 42.6 Å². The van der Waals surface area contributed by atoms with E-state index >= 15 is 0 Å². The normalized spacial score (nSPS) is 10.6. The van der Waals surface area contributed by atoms with Crippen molar-refractivity contribution in [1.29, 1.82) is 0 Å². The Morgan fingerprint density at radius 2 is 2.00 bits per heavy atom. The van der Waals surface area contributed by atoms with Gasteiger partial charge in [0.1, 0.15) is 11.6 Å². The Hall–Kier alpha value is -2.11. The van der Waals surface area contributed by atoms with E-state index in [0.717, 1.165) is 24.4 Å². The van der Waals surface area contributed by atoms with Gasteiger partial charge in [-0.2, -0.15) is 0 Å². The minimum atomic E-state index is 0.671. The van der Waals surface area contributed by atoms with Crippen LogP contribution in [-0.2, 0) is 13.1 Å². The molecule has 20 heavy (non-hydrogen) atoms. The fraction of sp³-hybridized carbons (Fsp3) is 0.267. The molecule has 0 bridgehead atoms. The Kier molecular flexibility index (Phi) is 4.92. The number of nitrogens with one attached hydrogen (secondary N) is 1. The van der Waals surface area contributed by atoms with Gasteiger partial charge in [-0.3, -0.25) is 4.90 Å². The quantitative estimate of drug-likeness (QED) is 0.622. The number of hydrogen-bond acceptors (Lipinski definition) is 5. The molecule has 0 saturated carbocycles. The van der Waals surface area contributed by atoms with Crippen LogP contribution in [0.1, 0.15) is 11.1 Å². The summed E-state index contributed by atoms with van der Waals surface area (Å²) in [4.78, 5) is 6.43. The summed E-state index contributed by atoms with van der Waals surface area (Å²) in [6.07, 6.45) is 1.83. The first kappa shape index (κ1) is 14.3. The van der Waals surface area contributed by atoms with Crippen molar-refractivity contribution in [3.8, 4) is 5.75 Å². The Balaban J connectivity index is 1.95. The SMILES string of the molecule is COc1cccc(CN(C)Cc2ccc(NN)nc2)c1. The third kappa shape index (κ3) is 3.94. The molecular formula is C15H20N4O. The number of methoxy groups -OCH3 is 1. The number of ether oxygens (including phenoxy) is 1. The molecule has 0 unspecified atom stereocenters. The van der Waals surface area contributed by atoms with Gasteiger partial charge >= 0.3 is 0 Å². The summed E-state index contributed by atoms with van der Waals surface area (Å²) < 4.78 is 5.23. The van der Waals surface area contributed by atoms with Crippen molar-refractivity contribution in [2.24, 2.45) is 5.84 Å². The predicted octanol–water partition coefficient (Wildman–Crippen LogP) is 2.01. The van der Waals surface area contributed by atoms with E-state index in [0.29, 0.717) is 5.82 Å². The second-order valence-corrected chi connectivity index (χ2v) is 4.72. The van der Waals surface area contributed by atoms with Crippen molar-refractivity contribution in [3.63, 3.8) is 0 Å². The molecule has 0 aliphatic rings. The topological polar surface area (TPSA) is 63.4 Å². The predicted molar refractivity (Wildman–Crippen MR) is 80.2 cm³/mol. The molecule has 2 aromatic rings. The molecule has 0 spiro atoms. The lowest BCUT2D eigenvalue weighted by Gasteiger charge is -2.17. The van der Waals surface area contributed by atoms with E-state index in [1.165, 1.54) is 5.56 Å². The highest BCUT2D eigenvalue weighted by atomic mass is 16.5. The number of benzene rings is 1. The number of nitrogens with two attached hydrogens (primary N) is 1. The van der Waals surface area contributed by atoms with Crippen LogP contribution in [0.25, 0.3) is 0 Å². The fourth-order valence-electron chi connectivity index (χ4n) is 2.05. The number of aromatic nitrogens is 1. The molecule has 0 amide bonds. The minimum Gasteiger partial charge on any atom is -0.497 e. The van der Waals surface area contributed by atoms with Gasteiger partial charge in [0.15, 0.2) is 0 Å². The van der Waals surface area contributed by atoms with Gasteiger partial charge in [0.05, 0.1) is 7.11 Å². The zero-order valence-corrected chi connectivity index (χ0v) is 11.8. The molecule has 1 aromatic carbocycles. The summed E-state index contributed by atoms with van der Waals surface area (Å²) in [5.74, 6) is 6.85. The molecule has 106 valence electrons. The first-order valence-corrected chi connectivity index (χ1v) is 6.44. The van der Waals surface area contributed by atoms with Crippen LogP contribution in [-0.4, -0.2) is 24.0 Å². The van der Waals surface area contributed by atoms with Crippen molar-refractivity contribution in [1.82, 2.24) is 9.88 Å².